The molecule has 1 amide bonds. The molecule has 0 unspecified atom stereocenters. The third kappa shape index (κ3) is 3.06. The van der Waals surface area contributed by atoms with Gasteiger partial charge in [0.1, 0.15) is 11.3 Å². The maximum atomic E-state index is 11.9. The van der Waals surface area contributed by atoms with Gasteiger partial charge in [0.2, 0.25) is 0 Å². The zero-order valence-electron chi connectivity index (χ0n) is 10.9. The molecule has 1 aromatic carbocycles. The van der Waals surface area contributed by atoms with E-state index < -0.39 is 22.1 Å². The van der Waals surface area contributed by atoms with Crippen molar-refractivity contribution >= 4 is 17.3 Å². The predicted octanol–water partition coefficient (Wildman–Crippen LogP) is 1.55. The third-order valence-corrected chi connectivity index (χ3v) is 2.74. The SMILES string of the molecule is Cc1ccc(C(=O)Nc2ccc([N+](=O)[O-])cc2O)c(=O)[nH]1. The van der Waals surface area contributed by atoms with E-state index in [2.05, 4.69) is 10.3 Å². The molecule has 2 aromatic rings. The van der Waals surface area contributed by atoms with Crippen LogP contribution in [0.15, 0.2) is 35.1 Å². The van der Waals surface area contributed by atoms with Gasteiger partial charge in [-0.1, -0.05) is 0 Å². The van der Waals surface area contributed by atoms with Gasteiger partial charge in [0, 0.05) is 11.8 Å². The Morgan fingerprint density at radius 2 is 2.05 bits per heavy atom. The van der Waals surface area contributed by atoms with Gasteiger partial charge in [-0.15, -0.1) is 0 Å². The minimum atomic E-state index is -0.722. The molecule has 0 fully saturated rings. The number of aromatic hydroxyl groups is 1. The highest BCUT2D eigenvalue weighted by Gasteiger charge is 2.15. The molecule has 0 aliphatic heterocycles. The molecule has 8 heteroatoms. The maximum Gasteiger partial charge on any atom is 0.273 e. The van der Waals surface area contributed by atoms with E-state index in [9.17, 15) is 24.8 Å². The monoisotopic (exact) mass is 289 g/mol. The van der Waals surface area contributed by atoms with Crippen LogP contribution in [0.1, 0.15) is 16.1 Å². The molecule has 0 aliphatic carbocycles. The first-order valence-electron chi connectivity index (χ1n) is 5.87. The van der Waals surface area contributed by atoms with Crippen molar-refractivity contribution in [3.8, 4) is 5.75 Å². The molecular formula is C13H11N3O5. The number of H-pyrrole nitrogens is 1. The van der Waals surface area contributed by atoms with Gasteiger partial charge in [0.05, 0.1) is 16.7 Å². The first kappa shape index (κ1) is 14.3. The van der Waals surface area contributed by atoms with Crippen LogP contribution in [0, 0.1) is 17.0 Å². The van der Waals surface area contributed by atoms with Gasteiger partial charge < -0.3 is 15.4 Å². The smallest absolute Gasteiger partial charge is 0.273 e. The molecule has 1 aromatic heterocycles. The fourth-order valence-electron chi connectivity index (χ4n) is 1.68. The normalized spacial score (nSPS) is 10.1. The quantitative estimate of drug-likeness (QED) is 0.449. The van der Waals surface area contributed by atoms with Crippen LogP contribution in [0.3, 0.4) is 0 Å². The Hall–Kier alpha value is -3.16. The van der Waals surface area contributed by atoms with Crippen LogP contribution >= 0.6 is 0 Å². The van der Waals surface area contributed by atoms with Gasteiger partial charge in [-0.3, -0.25) is 19.7 Å². The van der Waals surface area contributed by atoms with Crippen molar-refractivity contribution in [2.24, 2.45) is 0 Å². The molecule has 0 atom stereocenters. The lowest BCUT2D eigenvalue weighted by Gasteiger charge is -2.07. The second-order valence-electron chi connectivity index (χ2n) is 4.30. The predicted molar refractivity (Wildman–Crippen MR) is 74.5 cm³/mol. The van der Waals surface area contributed by atoms with E-state index in [0.29, 0.717) is 5.69 Å². The number of nitrogens with one attached hydrogen (secondary N) is 2. The van der Waals surface area contributed by atoms with Crippen molar-refractivity contribution < 1.29 is 14.8 Å². The summed E-state index contributed by atoms with van der Waals surface area (Å²) in [7, 11) is 0. The Kier molecular flexibility index (Phi) is 3.70. The number of pyridine rings is 1. The number of anilines is 1. The van der Waals surface area contributed by atoms with Crippen LogP contribution < -0.4 is 10.9 Å². The lowest BCUT2D eigenvalue weighted by atomic mass is 10.2. The minimum absolute atomic E-state index is 0.0226. The van der Waals surface area contributed by atoms with Gasteiger partial charge in [0.25, 0.3) is 17.2 Å². The minimum Gasteiger partial charge on any atom is -0.506 e. The van der Waals surface area contributed by atoms with Gasteiger partial charge in [-0.05, 0) is 25.1 Å². The number of benzene rings is 1. The van der Waals surface area contributed by atoms with Crippen molar-refractivity contribution in [2.75, 3.05) is 5.32 Å². The highest BCUT2D eigenvalue weighted by atomic mass is 16.6. The number of phenolic OH excluding ortho intramolecular Hbond substituents is 1. The number of hydrogen-bond acceptors (Lipinski definition) is 5. The van der Waals surface area contributed by atoms with Crippen LogP contribution in [0.2, 0.25) is 0 Å². The molecule has 0 saturated carbocycles. The van der Waals surface area contributed by atoms with E-state index in [1.165, 1.54) is 12.1 Å². The van der Waals surface area contributed by atoms with Crippen molar-refractivity contribution in [2.45, 2.75) is 6.92 Å². The second-order valence-corrected chi connectivity index (χ2v) is 4.30. The molecule has 0 bridgehead atoms. The molecule has 0 radical (unpaired) electrons. The Balaban J connectivity index is 2.27. The molecular weight excluding hydrogens is 278 g/mol. The molecule has 108 valence electrons. The number of carbonyl (C=O) groups excluding carboxylic acids is 1. The van der Waals surface area contributed by atoms with E-state index >= 15 is 0 Å². The number of nitro groups is 1. The average Bonchev–Trinajstić information content (AvgIpc) is 2.40. The first-order valence-corrected chi connectivity index (χ1v) is 5.87. The second kappa shape index (κ2) is 5.45. The summed E-state index contributed by atoms with van der Waals surface area (Å²) >= 11 is 0. The van der Waals surface area contributed by atoms with Crippen molar-refractivity contribution in [3.05, 3.63) is 62.1 Å². The van der Waals surface area contributed by atoms with Crippen LogP contribution in [0.25, 0.3) is 0 Å². The summed E-state index contributed by atoms with van der Waals surface area (Å²) in [5.41, 5.74) is -0.411. The molecule has 0 spiro atoms. The number of aryl methyl sites for hydroxylation is 1. The van der Waals surface area contributed by atoms with Gasteiger partial charge in [0.15, 0.2) is 0 Å². The van der Waals surface area contributed by atoms with Crippen LogP contribution in [-0.2, 0) is 0 Å². The number of aromatic amines is 1. The van der Waals surface area contributed by atoms with Gasteiger partial charge in [-0.2, -0.15) is 0 Å². The Bertz CT molecular complexity index is 782. The number of rotatable bonds is 3. The fourth-order valence-corrected chi connectivity index (χ4v) is 1.68. The van der Waals surface area contributed by atoms with Gasteiger partial charge >= 0.3 is 0 Å². The Labute approximate surface area is 118 Å². The van der Waals surface area contributed by atoms with Crippen molar-refractivity contribution in [3.63, 3.8) is 0 Å². The number of carbonyl (C=O) groups is 1. The third-order valence-electron chi connectivity index (χ3n) is 2.74. The number of non-ortho nitro benzene ring substituents is 1. The average molecular weight is 289 g/mol. The molecule has 3 N–H and O–H groups in total. The highest BCUT2D eigenvalue weighted by Crippen LogP contribution is 2.27. The van der Waals surface area contributed by atoms with E-state index in [0.717, 1.165) is 12.1 Å². The number of nitrogens with zero attached hydrogens (tertiary/aromatic N) is 1. The molecule has 1 heterocycles. The van der Waals surface area contributed by atoms with E-state index in [1.807, 2.05) is 0 Å². The number of amides is 1. The summed E-state index contributed by atoms with van der Waals surface area (Å²) < 4.78 is 0. The standard InChI is InChI=1S/C13H11N3O5/c1-7-2-4-9(12(18)14-7)13(19)15-10-5-3-8(16(20)21)6-11(10)17/h2-6,17H,1H3,(H,14,18)(H,15,19). The van der Waals surface area contributed by atoms with E-state index in [-0.39, 0.29) is 16.9 Å². The lowest BCUT2D eigenvalue weighted by Crippen LogP contribution is -2.23. The first-order chi connectivity index (χ1) is 9.88. The Morgan fingerprint density at radius 3 is 2.62 bits per heavy atom. The van der Waals surface area contributed by atoms with Crippen molar-refractivity contribution in [1.82, 2.24) is 4.98 Å². The zero-order chi connectivity index (χ0) is 15.6. The molecule has 21 heavy (non-hydrogen) atoms. The summed E-state index contributed by atoms with van der Waals surface area (Å²) in [4.78, 5) is 35.9. The topological polar surface area (TPSA) is 125 Å². The molecule has 2 rings (SSSR count). The summed E-state index contributed by atoms with van der Waals surface area (Å²) in [5.74, 6) is -1.18. The van der Waals surface area contributed by atoms with Crippen LogP contribution in [0.4, 0.5) is 11.4 Å². The number of hydrogen-bond donors (Lipinski definition) is 3. The van der Waals surface area contributed by atoms with Crippen LogP contribution in [-0.4, -0.2) is 20.9 Å². The van der Waals surface area contributed by atoms with Gasteiger partial charge in [-0.25, -0.2) is 0 Å². The maximum absolute atomic E-state index is 11.9. The molecule has 8 nitrogen and oxygen atoms in total. The number of phenols is 1. The zero-order valence-corrected chi connectivity index (χ0v) is 10.9. The van der Waals surface area contributed by atoms with Crippen LogP contribution in [0.5, 0.6) is 5.75 Å². The fraction of sp³-hybridized carbons (Fsp3) is 0.0769. The summed E-state index contributed by atoms with van der Waals surface area (Å²) in [6, 6.07) is 6.15. The number of nitro benzene ring substituents is 1. The Morgan fingerprint density at radius 1 is 1.33 bits per heavy atom. The lowest BCUT2D eigenvalue weighted by molar-refractivity contribution is -0.384. The highest BCUT2D eigenvalue weighted by molar-refractivity contribution is 6.04. The molecule has 0 aliphatic rings. The van der Waals surface area contributed by atoms with E-state index in [4.69, 9.17) is 0 Å². The summed E-state index contributed by atoms with van der Waals surface area (Å²) in [6.07, 6.45) is 0. The van der Waals surface area contributed by atoms with Crippen molar-refractivity contribution in [1.29, 1.82) is 0 Å². The molecule has 0 saturated heterocycles. The number of aromatic nitrogens is 1. The summed E-state index contributed by atoms with van der Waals surface area (Å²) in [5, 5.41) is 22.5. The largest absolute Gasteiger partial charge is 0.506 e. The summed E-state index contributed by atoms with van der Waals surface area (Å²) in [6.45, 7) is 1.67. The van der Waals surface area contributed by atoms with E-state index in [1.54, 1.807) is 13.0 Å².